The lowest BCUT2D eigenvalue weighted by atomic mass is 9.68. The maximum Gasteiger partial charge on any atom is 0.217 e. The smallest absolute Gasteiger partial charge is 0.217 e. The molecule has 2 nitrogen and oxygen atoms in total. The van der Waals surface area contributed by atoms with Crippen molar-refractivity contribution < 1.29 is 9.84 Å². The highest BCUT2D eigenvalue weighted by Gasteiger charge is 2.57. The highest BCUT2D eigenvalue weighted by atomic mass is 16.6. The molecular weight excluding hydrogens is 200 g/mol. The first-order valence-electron chi connectivity index (χ1n) is 6.08. The van der Waals surface area contributed by atoms with Crippen LogP contribution in [0.4, 0.5) is 0 Å². The number of aliphatic hydroxyl groups is 1. The average Bonchev–Trinajstić information content (AvgIpc) is 2.47. The second-order valence-electron chi connectivity index (χ2n) is 5.43. The third kappa shape index (κ3) is 1.11. The van der Waals surface area contributed by atoms with Crippen LogP contribution in [-0.4, -0.2) is 10.9 Å². The van der Waals surface area contributed by atoms with Crippen LogP contribution in [0.1, 0.15) is 43.7 Å². The Labute approximate surface area is 96.2 Å². The lowest BCUT2D eigenvalue weighted by molar-refractivity contribution is -0.187. The lowest BCUT2D eigenvalue weighted by Gasteiger charge is -2.41. The van der Waals surface area contributed by atoms with Crippen molar-refractivity contribution in [3.8, 4) is 5.75 Å². The van der Waals surface area contributed by atoms with Gasteiger partial charge in [0.05, 0.1) is 5.41 Å². The molecule has 0 saturated heterocycles. The van der Waals surface area contributed by atoms with E-state index in [1.165, 1.54) is 17.5 Å². The highest BCUT2D eigenvalue weighted by Crippen LogP contribution is 2.55. The minimum absolute atomic E-state index is 0.216. The second-order valence-corrected chi connectivity index (χ2v) is 5.43. The van der Waals surface area contributed by atoms with Gasteiger partial charge in [0, 0.05) is 12.0 Å². The normalized spacial score (nSPS) is 36.4. The first-order valence-corrected chi connectivity index (χ1v) is 6.08. The van der Waals surface area contributed by atoms with E-state index < -0.39 is 5.79 Å². The van der Waals surface area contributed by atoms with Crippen molar-refractivity contribution in [3.63, 3.8) is 0 Å². The molecule has 86 valence electrons. The van der Waals surface area contributed by atoms with Gasteiger partial charge in [0.2, 0.25) is 5.79 Å². The molecule has 1 aliphatic carbocycles. The summed E-state index contributed by atoms with van der Waals surface area (Å²) < 4.78 is 5.81. The molecule has 0 spiro atoms. The summed E-state index contributed by atoms with van der Waals surface area (Å²) in [5.74, 6) is -0.0982. The topological polar surface area (TPSA) is 29.5 Å². The molecule has 0 aromatic heterocycles. The molecule has 2 aliphatic rings. The Hall–Kier alpha value is -1.02. The van der Waals surface area contributed by atoms with Crippen molar-refractivity contribution in [2.24, 2.45) is 0 Å². The second kappa shape index (κ2) is 3.01. The van der Waals surface area contributed by atoms with Gasteiger partial charge in [-0.1, -0.05) is 24.1 Å². The molecule has 1 saturated carbocycles. The maximum absolute atomic E-state index is 10.7. The van der Waals surface area contributed by atoms with E-state index in [1.54, 1.807) is 0 Å². The highest BCUT2D eigenvalue weighted by molar-refractivity contribution is 5.48. The molecule has 3 rings (SSSR count). The molecule has 16 heavy (non-hydrogen) atoms. The molecule has 0 bridgehead atoms. The Kier molecular flexibility index (Phi) is 1.91. The number of fused-ring (bicyclic) bond motifs is 3. The molecule has 1 aromatic rings. The van der Waals surface area contributed by atoms with Crippen molar-refractivity contribution in [1.82, 2.24) is 0 Å². The number of rotatable bonds is 0. The van der Waals surface area contributed by atoms with Crippen molar-refractivity contribution in [2.75, 3.05) is 0 Å². The van der Waals surface area contributed by atoms with Crippen LogP contribution in [0.15, 0.2) is 18.2 Å². The molecule has 2 unspecified atom stereocenters. The standard InChI is InChI=1S/C14H18O2/c1-10-5-6-12-11(9-10)13(2)7-3-4-8-14(13,15)16-12/h5-6,9,15H,3-4,7-8H2,1-2H3. The molecule has 1 heterocycles. The van der Waals surface area contributed by atoms with Gasteiger partial charge in [-0.15, -0.1) is 0 Å². The molecule has 1 fully saturated rings. The Morgan fingerprint density at radius 1 is 1.25 bits per heavy atom. The minimum atomic E-state index is -0.971. The summed E-state index contributed by atoms with van der Waals surface area (Å²) in [7, 11) is 0. The van der Waals surface area contributed by atoms with Crippen LogP contribution >= 0.6 is 0 Å². The molecule has 2 heteroatoms. The number of hydrogen-bond donors (Lipinski definition) is 1. The zero-order chi connectivity index (χ0) is 11.4. The first-order chi connectivity index (χ1) is 7.55. The van der Waals surface area contributed by atoms with Crippen LogP contribution in [0, 0.1) is 6.92 Å². The Morgan fingerprint density at radius 2 is 2.00 bits per heavy atom. The van der Waals surface area contributed by atoms with Gasteiger partial charge in [0.15, 0.2) is 0 Å². The van der Waals surface area contributed by atoms with E-state index in [2.05, 4.69) is 19.9 Å². The Morgan fingerprint density at radius 3 is 2.81 bits per heavy atom. The molecule has 0 radical (unpaired) electrons. The van der Waals surface area contributed by atoms with Gasteiger partial charge in [-0.3, -0.25) is 0 Å². The van der Waals surface area contributed by atoms with E-state index in [-0.39, 0.29) is 5.41 Å². The summed E-state index contributed by atoms with van der Waals surface area (Å²) in [5.41, 5.74) is 2.21. The van der Waals surface area contributed by atoms with Gasteiger partial charge in [-0.25, -0.2) is 0 Å². The number of aryl methyl sites for hydroxylation is 1. The van der Waals surface area contributed by atoms with E-state index >= 15 is 0 Å². The SMILES string of the molecule is Cc1ccc2c(c1)C1(C)CCCCC1(O)O2. The molecule has 1 aliphatic heterocycles. The summed E-state index contributed by atoms with van der Waals surface area (Å²) >= 11 is 0. The largest absolute Gasteiger partial charge is 0.461 e. The fourth-order valence-corrected chi connectivity index (χ4v) is 3.17. The van der Waals surface area contributed by atoms with Gasteiger partial charge >= 0.3 is 0 Å². The number of benzene rings is 1. The van der Waals surface area contributed by atoms with Gasteiger partial charge in [0.25, 0.3) is 0 Å². The van der Waals surface area contributed by atoms with Gasteiger partial charge < -0.3 is 9.84 Å². The van der Waals surface area contributed by atoms with Crippen LogP contribution in [0.3, 0.4) is 0 Å². The number of ether oxygens (including phenoxy) is 1. The summed E-state index contributed by atoms with van der Waals surface area (Å²) in [6, 6.07) is 6.20. The van der Waals surface area contributed by atoms with E-state index in [4.69, 9.17) is 4.74 Å². The minimum Gasteiger partial charge on any atom is -0.461 e. The van der Waals surface area contributed by atoms with Gasteiger partial charge in [-0.05, 0) is 32.8 Å². The summed E-state index contributed by atoms with van der Waals surface area (Å²) in [6.45, 7) is 4.22. The molecule has 2 atom stereocenters. The summed E-state index contributed by atoms with van der Waals surface area (Å²) in [4.78, 5) is 0. The van der Waals surface area contributed by atoms with Crippen molar-refractivity contribution in [2.45, 2.75) is 50.7 Å². The predicted octanol–water partition coefficient (Wildman–Crippen LogP) is 2.91. The molecular formula is C14H18O2. The lowest BCUT2D eigenvalue weighted by Crippen LogP contribution is -2.51. The van der Waals surface area contributed by atoms with E-state index in [9.17, 15) is 5.11 Å². The molecule has 1 aromatic carbocycles. The van der Waals surface area contributed by atoms with Crippen molar-refractivity contribution >= 4 is 0 Å². The zero-order valence-electron chi connectivity index (χ0n) is 9.92. The monoisotopic (exact) mass is 218 g/mol. The summed E-state index contributed by atoms with van der Waals surface area (Å²) in [6.07, 6.45) is 3.99. The van der Waals surface area contributed by atoms with E-state index in [1.807, 2.05) is 12.1 Å². The first kappa shape index (κ1) is 10.2. The van der Waals surface area contributed by atoms with Crippen LogP contribution in [0.5, 0.6) is 5.75 Å². The fourth-order valence-electron chi connectivity index (χ4n) is 3.17. The van der Waals surface area contributed by atoms with Crippen LogP contribution in [0.2, 0.25) is 0 Å². The molecule has 0 amide bonds. The Bertz CT molecular complexity index is 440. The van der Waals surface area contributed by atoms with Crippen LogP contribution in [-0.2, 0) is 5.41 Å². The van der Waals surface area contributed by atoms with Crippen molar-refractivity contribution in [3.05, 3.63) is 29.3 Å². The molecule has 1 N–H and O–H groups in total. The van der Waals surface area contributed by atoms with E-state index in [0.717, 1.165) is 25.0 Å². The van der Waals surface area contributed by atoms with Crippen molar-refractivity contribution in [1.29, 1.82) is 0 Å². The Balaban J connectivity index is 2.17. The van der Waals surface area contributed by atoms with Crippen LogP contribution in [0.25, 0.3) is 0 Å². The zero-order valence-corrected chi connectivity index (χ0v) is 9.92. The summed E-state index contributed by atoms with van der Waals surface area (Å²) in [5, 5.41) is 10.7. The predicted molar refractivity (Wildman–Crippen MR) is 62.6 cm³/mol. The third-order valence-corrected chi connectivity index (χ3v) is 4.31. The maximum atomic E-state index is 10.7. The van der Waals surface area contributed by atoms with Crippen LogP contribution < -0.4 is 4.74 Å². The quantitative estimate of drug-likeness (QED) is 0.725. The van der Waals surface area contributed by atoms with Gasteiger partial charge in [0.1, 0.15) is 5.75 Å². The third-order valence-electron chi connectivity index (χ3n) is 4.31. The number of hydrogen-bond acceptors (Lipinski definition) is 2. The average molecular weight is 218 g/mol. The fraction of sp³-hybridized carbons (Fsp3) is 0.571. The van der Waals surface area contributed by atoms with E-state index in [0.29, 0.717) is 0 Å². The van der Waals surface area contributed by atoms with Gasteiger partial charge in [-0.2, -0.15) is 0 Å².